The normalized spacial score (nSPS) is 9.86. The van der Waals surface area contributed by atoms with Gasteiger partial charge >= 0.3 is 5.97 Å². The van der Waals surface area contributed by atoms with Crippen molar-refractivity contribution < 1.29 is 14.3 Å². The van der Waals surface area contributed by atoms with Crippen LogP contribution < -0.4 is 4.90 Å². The molecule has 0 N–H and O–H groups in total. The van der Waals surface area contributed by atoms with Crippen LogP contribution in [0.3, 0.4) is 0 Å². The van der Waals surface area contributed by atoms with Crippen LogP contribution in [0.4, 0.5) is 5.69 Å². The highest BCUT2D eigenvalue weighted by Crippen LogP contribution is 2.15. The first-order valence-electron chi connectivity index (χ1n) is 6.82. The largest absolute Gasteiger partial charge is 0.465 e. The Morgan fingerprint density at radius 2 is 2.05 bits per heavy atom. The summed E-state index contributed by atoms with van der Waals surface area (Å²) in [5.74, 6) is -0.636. The lowest BCUT2D eigenvalue weighted by atomic mass is 10.1. The van der Waals surface area contributed by atoms with Gasteiger partial charge in [0, 0.05) is 31.9 Å². The van der Waals surface area contributed by atoms with Gasteiger partial charge in [-0.25, -0.2) is 0 Å². The molecule has 0 spiro atoms. The summed E-state index contributed by atoms with van der Waals surface area (Å²) < 4.78 is 4.89. The molecule has 1 aromatic carbocycles. The fraction of sp³-hybridized carbons (Fsp3) is 0.375. The molecule has 1 amide bonds. The zero-order valence-corrected chi connectivity index (χ0v) is 12.8. The first-order valence-corrected chi connectivity index (χ1v) is 6.82. The van der Waals surface area contributed by atoms with Gasteiger partial charge in [-0.2, -0.15) is 0 Å². The highest BCUT2D eigenvalue weighted by molar-refractivity contribution is 5.96. The van der Waals surface area contributed by atoms with Gasteiger partial charge in [-0.05, 0) is 25.1 Å². The van der Waals surface area contributed by atoms with Gasteiger partial charge in [0.2, 0.25) is 0 Å². The molecule has 0 fully saturated rings. The number of hydrogen-bond acceptors (Lipinski definition) is 4. The molecule has 0 radical (unpaired) electrons. The summed E-state index contributed by atoms with van der Waals surface area (Å²) in [7, 11) is 3.81. The Bertz CT molecular complexity index is 512. The van der Waals surface area contributed by atoms with E-state index in [-0.39, 0.29) is 12.5 Å². The SMILES string of the molecule is C=CCN(CC(=O)OCC)C(=O)c1cccc(N(C)C)c1. The Kier molecular flexibility index (Phi) is 6.46. The minimum atomic E-state index is -0.420. The molecule has 5 heteroatoms. The van der Waals surface area contributed by atoms with Crippen LogP contribution in [0.2, 0.25) is 0 Å². The van der Waals surface area contributed by atoms with Gasteiger partial charge in [-0.3, -0.25) is 9.59 Å². The highest BCUT2D eigenvalue weighted by Gasteiger charge is 2.18. The number of esters is 1. The van der Waals surface area contributed by atoms with Crippen LogP contribution in [-0.4, -0.2) is 50.6 Å². The molecule has 0 heterocycles. The van der Waals surface area contributed by atoms with Gasteiger partial charge in [0.25, 0.3) is 5.91 Å². The lowest BCUT2D eigenvalue weighted by Gasteiger charge is -2.21. The molecule has 5 nitrogen and oxygen atoms in total. The molecular weight excluding hydrogens is 268 g/mol. The number of carbonyl (C=O) groups excluding carboxylic acids is 2. The van der Waals surface area contributed by atoms with E-state index in [4.69, 9.17) is 4.74 Å². The van der Waals surface area contributed by atoms with E-state index in [0.29, 0.717) is 18.7 Å². The molecule has 0 unspecified atom stereocenters. The third kappa shape index (κ3) is 4.95. The molecule has 0 bridgehead atoms. The Morgan fingerprint density at radius 3 is 2.62 bits per heavy atom. The molecule has 1 aromatic rings. The minimum Gasteiger partial charge on any atom is -0.465 e. The maximum Gasteiger partial charge on any atom is 0.325 e. The van der Waals surface area contributed by atoms with Crippen LogP contribution in [0, 0.1) is 0 Å². The van der Waals surface area contributed by atoms with Crippen molar-refractivity contribution in [2.45, 2.75) is 6.92 Å². The van der Waals surface area contributed by atoms with E-state index in [1.54, 1.807) is 25.1 Å². The van der Waals surface area contributed by atoms with Crippen molar-refractivity contribution in [3.05, 3.63) is 42.5 Å². The van der Waals surface area contributed by atoms with Crippen LogP contribution in [0.1, 0.15) is 17.3 Å². The standard InChI is InChI=1S/C16H22N2O3/c1-5-10-18(12-15(19)21-6-2)16(20)13-8-7-9-14(11-13)17(3)4/h5,7-9,11H,1,6,10,12H2,2-4H3. The third-order valence-corrected chi connectivity index (χ3v) is 2.87. The lowest BCUT2D eigenvalue weighted by Crippen LogP contribution is -2.36. The summed E-state index contributed by atoms with van der Waals surface area (Å²) in [6, 6.07) is 7.26. The zero-order chi connectivity index (χ0) is 15.8. The lowest BCUT2D eigenvalue weighted by molar-refractivity contribution is -0.143. The second kappa shape index (κ2) is 8.09. The average molecular weight is 290 g/mol. The Morgan fingerprint density at radius 1 is 1.33 bits per heavy atom. The Balaban J connectivity index is 2.92. The van der Waals surface area contributed by atoms with E-state index < -0.39 is 5.97 Å². The molecule has 0 aromatic heterocycles. The monoisotopic (exact) mass is 290 g/mol. The summed E-state index contributed by atoms with van der Waals surface area (Å²) in [5, 5.41) is 0. The third-order valence-electron chi connectivity index (χ3n) is 2.87. The van der Waals surface area contributed by atoms with E-state index in [9.17, 15) is 9.59 Å². The zero-order valence-electron chi connectivity index (χ0n) is 12.8. The Labute approximate surface area is 125 Å². The van der Waals surface area contributed by atoms with Crippen molar-refractivity contribution in [3.63, 3.8) is 0 Å². The van der Waals surface area contributed by atoms with Crippen LogP contribution in [-0.2, 0) is 9.53 Å². The number of hydrogen-bond donors (Lipinski definition) is 0. The van der Waals surface area contributed by atoms with E-state index >= 15 is 0 Å². The van der Waals surface area contributed by atoms with Crippen molar-refractivity contribution in [2.24, 2.45) is 0 Å². The predicted molar refractivity (Wildman–Crippen MR) is 83.5 cm³/mol. The number of amides is 1. The quantitative estimate of drug-likeness (QED) is 0.569. The van der Waals surface area contributed by atoms with Crippen LogP contribution in [0.5, 0.6) is 0 Å². The Hall–Kier alpha value is -2.30. The second-order valence-corrected chi connectivity index (χ2v) is 4.72. The topological polar surface area (TPSA) is 49.9 Å². The number of anilines is 1. The first-order chi connectivity index (χ1) is 9.99. The number of nitrogens with zero attached hydrogens (tertiary/aromatic N) is 2. The highest BCUT2D eigenvalue weighted by atomic mass is 16.5. The van der Waals surface area contributed by atoms with Gasteiger partial charge in [0.15, 0.2) is 0 Å². The van der Waals surface area contributed by atoms with Crippen molar-refractivity contribution in [3.8, 4) is 0 Å². The van der Waals surface area contributed by atoms with E-state index in [0.717, 1.165) is 5.69 Å². The molecule has 0 saturated heterocycles. The van der Waals surface area contributed by atoms with Crippen molar-refractivity contribution >= 4 is 17.6 Å². The average Bonchev–Trinajstić information content (AvgIpc) is 2.46. The summed E-state index contributed by atoms with van der Waals surface area (Å²) in [6.07, 6.45) is 1.59. The molecule has 0 aliphatic rings. The van der Waals surface area contributed by atoms with E-state index in [1.807, 2.05) is 31.1 Å². The first kappa shape index (κ1) is 16.8. The molecule has 0 aliphatic heterocycles. The molecule has 1 rings (SSSR count). The van der Waals surface area contributed by atoms with Crippen molar-refractivity contribution in [1.82, 2.24) is 4.90 Å². The molecule has 114 valence electrons. The molecular formula is C16H22N2O3. The maximum absolute atomic E-state index is 12.5. The number of rotatable bonds is 7. The number of benzene rings is 1. The summed E-state index contributed by atoms with van der Waals surface area (Å²) in [5.41, 5.74) is 1.46. The fourth-order valence-corrected chi connectivity index (χ4v) is 1.84. The van der Waals surface area contributed by atoms with Gasteiger partial charge < -0.3 is 14.5 Å². The van der Waals surface area contributed by atoms with Gasteiger partial charge in [0.05, 0.1) is 6.61 Å². The fourth-order valence-electron chi connectivity index (χ4n) is 1.84. The molecule has 0 atom stereocenters. The summed E-state index contributed by atoms with van der Waals surface area (Å²) >= 11 is 0. The minimum absolute atomic E-state index is 0.0785. The second-order valence-electron chi connectivity index (χ2n) is 4.72. The predicted octanol–water partition coefficient (Wildman–Crippen LogP) is 1.94. The van der Waals surface area contributed by atoms with Crippen molar-refractivity contribution in [1.29, 1.82) is 0 Å². The maximum atomic E-state index is 12.5. The molecule has 0 aliphatic carbocycles. The van der Waals surface area contributed by atoms with Gasteiger partial charge in [-0.1, -0.05) is 12.1 Å². The smallest absolute Gasteiger partial charge is 0.325 e. The van der Waals surface area contributed by atoms with E-state index in [1.165, 1.54) is 4.90 Å². The van der Waals surface area contributed by atoms with Crippen LogP contribution >= 0.6 is 0 Å². The van der Waals surface area contributed by atoms with Crippen LogP contribution in [0.15, 0.2) is 36.9 Å². The molecule has 0 saturated carbocycles. The van der Waals surface area contributed by atoms with Gasteiger partial charge in [0.1, 0.15) is 6.54 Å². The summed E-state index contributed by atoms with van der Waals surface area (Å²) in [6.45, 7) is 5.87. The van der Waals surface area contributed by atoms with E-state index in [2.05, 4.69) is 6.58 Å². The number of ether oxygens (including phenoxy) is 1. The summed E-state index contributed by atoms with van der Waals surface area (Å²) in [4.78, 5) is 27.4. The van der Waals surface area contributed by atoms with Crippen LogP contribution in [0.25, 0.3) is 0 Å². The van der Waals surface area contributed by atoms with Gasteiger partial charge in [-0.15, -0.1) is 6.58 Å². The van der Waals surface area contributed by atoms with Crippen molar-refractivity contribution in [2.75, 3.05) is 38.7 Å². The molecule has 21 heavy (non-hydrogen) atoms. The number of carbonyl (C=O) groups is 2.